The smallest absolute Gasteiger partial charge is 0.242 e. The van der Waals surface area contributed by atoms with Crippen LogP contribution in [0.4, 0.5) is 0 Å². The summed E-state index contributed by atoms with van der Waals surface area (Å²) in [4.78, 5) is 6.57. The summed E-state index contributed by atoms with van der Waals surface area (Å²) < 4.78 is 35.0. The number of hydrogen-bond acceptors (Lipinski definition) is 6. The van der Waals surface area contributed by atoms with Crippen molar-refractivity contribution in [2.45, 2.75) is 50.8 Å². The fourth-order valence-electron chi connectivity index (χ4n) is 2.83. The van der Waals surface area contributed by atoms with Crippen molar-refractivity contribution in [1.29, 1.82) is 0 Å². The summed E-state index contributed by atoms with van der Waals surface area (Å²) in [6.45, 7) is 4.81. The third-order valence-corrected chi connectivity index (χ3v) is 6.47. The molecule has 7 nitrogen and oxygen atoms in total. The zero-order chi connectivity index (χ0) is 16.6. The Bertz CT molecular complexity index is 810. The van der Waals surface area contributed by atoms with Crippen LogP contribution in [0.25, 0.3) is 0 Å². The summed E-state index contributed by atoms with van der Waals surface area (Å²) in [5, 5.41) is 4.36. The van der Waals surface area contributed by atoms with Crippen LogP contribution in [-0.4, -0.2) is 30.3 Å². The Morgan fingerprint density at radius 2 is 2.26 bits per heavy atom. The number of hydrogen-bond donors (Lipinski definition) is 1. The van der Waals surface area contributed by atoms with Crippen molar-refractivity contribution in [2.75, 3.05) is 7.11 Å². The van der Waals surface area contributed by atoms with Crippen LogP contribution in [0.5, 0.6) is 0 Å². The number of rotatable bonds is 5. The first-order valence-corrected chi connectivity index (χ1v) is 9.72. The standard InChI is InChI=1S/C14H20N4O3S2/c1-9-7-12(10(2)22-9)23(19,20)17-11-5-4-6-18-14(11)15-13(16-18)8-21-3/h7,11,17H,4-6,8H2,1-3H3/t11-/m1/s1. The van der Waals surface area contributed by atoms with Crippen LogP contribution in [0.3, 0.4) is 0 Å². The van der Waals surface area contributed by atoms with Gasteiger partial charge in [0.05, 0.1) is 10.9 Å². The van der Waals surface area contributed by atoms with Gasteiger partial charge in [-0.1, -0.05) is 0 Å². The van der Waals surface area contributed by atoms with E-state index in [1.165, 1.54) is 11.3 Å². The molecule has 2 aromatic heterocycles. The van der Waals surface area contributed by atoms with Gasteiger partial charge in [0, 0.05) is 23.4 Å². The van der Waals surface area contributed by atoms with Gasteiger partial charge in [-0.15, -0.1) is 11.3 Å². The summed E-state index contributed by atoms with van der Waals surface area (Å²) in [6, 6.07) is 1.36. The second-order valence-corrected chi connectivity index (χ2v) is 8.78. The number of sulfonamides is 1. The van der Waals surface area contributed by atoms with E-state index < -0.39 is 10.0 Å². The Morgan fingerprint density at radius 3 is 2.91 bits per heavy atom. The normalized spacial score (nSPS) is 18.1. The number of ether oxygens (including phenoxy) is 1. The molecule has 9 heteroatoms. The molecule has 0 amide bonds. The highest BCUT2D eigenvalue weighted by atomic mass is 32.2. The number of thiophene rings is 1. The molecule has 0 aliphatic carbocycles. The highest BCUT2D eigenvalue weighted by Crippen LogP contribution is 2.29. The summed E-state index contributed by atoms with van der Waals surface area (Å²) in [5.41, 5.74) is 0. The van der Waals surface area contributed by atoms with E-state index in [0.29, 0.717) is 29.6 Å². The Morgan fingerprint density at radius 1 is 1.48 bits per heavy atom. The van der Waals surface area contributed by atoms with E-state index in [1.807, 2.05) is 13.8 Å². The summed E-state index contributed by atoms with van der Waals surface area (Å²) in [6.07, 6.45) is 1.57. The van der Waals surface area contributed by atoms with E-state index in [4.69, 9.17) is 4.74 Å². The molecule has 0 saturated heterocycles. The van der Waals surface area contributed by atoms with E-state index in [0.717, 1.165) is 22.7 Å². The molecule has 2 aromatic rings. The average Bonchev–Trinajstić information content (AvgIpc) is 3.02. The molecule has 1 aliphatic heterocycles. The lowest BCUT2D eigenvalue weighted by molar-refractivity contribution is 0.177. The first-order chi connectivity index (χ1) is 10.9. The van der Waals surface area contributed by atoms with Crippen LogP contribution in [-0.2, 0) is 27.9 Å². The first-order valence-electron chi connectivity index (χ1n) is 7.42. The number of aromatic nitrogens is 3. The third-order valence-electron chi connectivity index (χ3n) is 3.77. The minimum Gasteiger partial charge on any atom is -0.377 e. The number of nitrogens with one attached hydrogen (secondary N) is 1. The van der Waals surface area contributed by atoms with E-state index in [9.17, 15) is 8.42 Å². The van der Waals surface area contributed by atoms with E-state index in [1.54, 1.807) is 17.9 Å². The van der Waals surface area contributed by atoms with Gasteiger partial charge in [0.1, 0.15) is 12.4 Å². The monoisotopic (exact) mass is 356 g/mol. The Hall–Kier alpha value is -1.29. The van der Waals surface area contributed by atoms with Crippen LogP contribution in [0.1, 0.15) is 40.3 Å². The molecule has 0 unspecified atom stereocenters. The van der Waals surface area contributed by atoms with Crippen molar-refractivity contribution in [3.63, 3.8) is 0 Å². The quantitative estimate of drug-likeness (QED) is 0.884. The SMILES string of the molecule is COCc1nc2n(n1)CCC[C@H]2NS(=O)(=O)c1cc(C)sc1C. The fourth-order valence-corrected chi connectivity index (χ4v) is 5.61. The lowest BCUT2D eigenvalue weighted by Crippen LogP contribution is -2.33. The van der Waals surface area contributed by atoms with Gasteiger partial charge in [-0.05, 0) is 32.8 Å². The van der Waals surface area contributed by atoms with Crippen LogP contribution in [0, 0.1) is 13.8 Å². The predicted octanol–water partition coefficient (Wildman–Crippen LogP) is 1.92. The lowest BCUT2D eigenvalue weighted by Gasteiger charge is -2.22. The van der Waals surface area contributed by atoms with Gasteiger partial charge >= 0.3 is 0 Å². The highest BCUT2D eigenvalue weighted by Gasteiger charge is 2.30. The predicted molar refractivity (Wildman–Crippen MR) is 86.8 cm³/mol. The van der Waals surface area contributed by atoms with E-state index in [-0.39, 0.29) is 6.04 Å². The molecule has 23 heavy (non-hydrogen) atoms. The molecule has 0 spiro atoms. The van der Waals surface area contributed by atoms with Gasteiger partial charge in [0.15, 0.2) is 5.82 Å². The van der Waals surface area contributed by atoms with Crippen LogP contribution < -0.4 is 4.72 Å². The third kappa shape index (κ3) is 3.32. The largest absolute Gasteiger partial charge is 0.377 e. The first kappa shape index (κ1) is 16.6. The summed E-state index contributed by atoms with van der Waals surface area (Å²) >= 11 is 1.49. The molecule has 1 atom stereocenters. The highest BCUT2D eigenvalue weighted by molar-refractivity contribution is 7.89. The topological polar surface area (TPSA) is 86.1 Å². The number of methoxy groups -OCH3 is 1. The van der Waals surface area contributed by atoms with Crippen LogP contribution in [0.2, 0.25) is 0 Å². The second kappa shape index (κ2) is 6.31. The molecule has 3 heterocycles. The number of aryl methyl sites for hydroxylation is 3. The molecular weight excluding hydrogens is 336 g/mol. The van der Waals surface area contributed by atoms with Gasteiger partial charge in [0.25, 0.3) is 0 Å². The molecular formula is C14H20N4O3S2. The van der Waals surface area contributed by atoms with Gasteiger partial charge in [-0.25, -0.2) is 22.8 Å². The van der Waals surface area contributed by atoms with Gasteiger partial charge in [-0.3, -0.25) is 0 Å². The molecule has 0 aromatic carbocycles. The molecule has 0 saturated carbocycles. The number of fused-ring (bicyclic) bond motifs is 1. The van der Waals surface area contributed by atoms with Crippen LogP contribution in [0.15, 0.2) is 11.0 Å². The van der Waals surface area contributed by atoms with E-state index >= 15 is 0 Å². The van der Waals surface area contributed by atoms with Crippen molar-refractivity contribution >= 4 is 21.4 Å². The molecule has 0 fully saturated rings. The Kier molecular flexibility index (Phi) is 4.54. The average molecular weight is 356 g/mol. The van der Waals surface area contributed by atoms with Crippen molar-refractivity contribution in [1.82, 2.24) is 19.5 Å². The lowest BCUT2D eigenvalue weighted by atomic mass is 10.1. The summed E-state index contributed by atoms with van der Waals surface area (Å²) in [7, 11) is -1.98. The van der Waals surface area contributed by atoms with Crippen molar-refractivity contribution in [3.05, 3.63) is 27.5 Å². The zero-order valence-corrected chi connectivity index (χ0v) is 15.0. The molecule has 1 N–H and O–H groups in total. The summed E-state index contributed by atoms with van der Waals surface area (Å²) in [5.74, 6) is 1.24. The van der Waals surface area contributed by atoms with Gasteiger partial charge in [0.2, 0.25) is 10.0 Å². The molecule has 0 bridgehead atoms. The number of nitrogens with zero attached hydrogens (tertiary/aromatic N) is 3. The molecule has 1 aliphatic rings. The maximum Gasteiger partial charge on any atom is 0.242 e. The molecule has 0 radical (unpaired) electrons. The van der Waals surface area contributed by atoms with Crippen molar-refractivity contribution < 1.29 is 13.2 Å². The van der Waals surface area contributed by atoms with Crippen molar-refractivity contribution in [2.24, 2.45) is 0 Å². The molecule has 3 rings (SSSR count). The van der Waals surface area contributed by atoms with Gasteiger partial charge < -0.3 is 4.74 Å². The van der Waals surface area contributed by atoms with Gasteiger partial charge in [-0.2, -0.15) is 5.10 Å². The fraction of sp³-hybridized carbons (Fsp3) is 0.571. The maximum absolute atomic E-state index is 12.7. The minimum absolute atomic E-state index is 0.322. The zero-order valence-electron chi connectivity index (χ0n) is 13.4. The Balaban J connectivity index is 1.88. The Labute approximate surface area is 139 Å². The maximum atomic E-state index is 12.7. The minimum atomic E-state index is -3.57. The molecule has 126 valence electrons. The van der Waals surface area contributed by atoms with E-state index in [2.05, 4.69) is 14.8 Å². The van der Waals surface area contributed by atoms with Crippen molar-refractivity contribution in [3.8, 4) is 0 Å². The van der Waals surface area contributed by atoms with Crippen LogP contribution >= 0.6 is 11.3 Å². The second-order valence-electron chi connectivity index (χ2n) is 5.64.